The summed E-state index contributed by atoms with van der Waals surface area (Å²) in [7, 11) is 0. The molecule has 104 valence electrons. The SMILES string of the molecule is Cc1ccc(C(=O)Nc2nnc(-c3cccnc3)s2)cc1. The molecule has 0 fully saturated rings. The van der Waals surface area contributed by atoms with E-state index < -0.39 is 0 Å². The highest BCUT2D eigenvalue weighted by Gasteiger charge is 2.11. The molecule has 3 aromatic rings. The lowest BCUT2D eigenvalue weighted by atomic mass is 10.1. The summed E-state index contributed by atoms with van der Waals surface area (Å²) in [6.07, 6.45) is 3.41. The van der Waals surface area contributed by atoms with E-state index in [4.69, 9.17) is 0 Å². The minimum atomic E-state index is -0.191. The van der Waals surface area contributed by atoms with Crippen molar-refractivity contribution >= 4 is 22.4 Å². The zero-order valence-electron chi connectivity index (χ0n) is 11.3. The highest BCUT2D eigenvalue weighted by Crippen LogP contribution is 2.25. The summed E-state index contributed by atoms with van der Waals surface area (Å²) < 4.78 is 0. The first-order valence-electron chi connectivity index (χ1n) is 6.34. The number of hydrogen-bond donors (Lipinski definition) is 1. The van der Waals surface area contributed by atoms with Gasteiger partial charge in [0, 0.05) is 23.5 Å². The average molecular weight is 296 g/mol. The molecular weight excluding hydrogens is 284 g/mol. The van der Waals surface area contributed by atoms with Crippen LogP contribution in [-0.2, 0) is 0 Å². The van der Waals surface area contributed by atoms with Crippen molar-refractivity contribution in [1.29, 1.82) is 0 Å². The van der Waals surface area contributed by atoms with Crippen LogP contribution in [0.4, 0.5) is 5.13 Å². The van der Waals surface area contributed by atoms with E-state index in [2.05, 4.69) is 20.5 Å². The molecule has 2 aromatic heterocycles. The number of nitrogens with one attached hydrogen (secondary N) is 1. The number of benzene rings is 1. The van der Waals surface area contributed by atoms with Gasteiger partial charge < -0.3 is 0 Å². The molecule has 1 N–H and O–H groups in total. The zero-order chi connectivity index (χ0) is 14.7. The Bertz CT molecular complexity index is 753. The molecule has 0 aliphatic carbocycles. The van der Waals surface area contributed by atoms with E-state index in [1.54, 1.807) is 24.5 Å². The highest BCUT2D eigenvalue weighted by molar-refractivity contribution is 7.18. The Morgan fingerprint density at radius 1 is 1.14 bits per heavy atom. The molecular formula is C15H12N4OS. The molecule has 0 unspecified atom stereocenters. The van der Waals surface area contributed by atoms with Crippen molar-refractivity contribution in [3.05, 3.63) is 59.9 Å². The standard InChI is InChI=1S/C15H12N4OS/c1-10-4-6-11(7-5-10)13(20)17-15-19-18-14(21-15)12-3-2-8-16-9-12/h2-9H,1H3,(H,17,19,20). The lowest BCUT2D eigenvalue weighted by molar-refractivity contribution is 0.102. The molecule has 0 radical (unpaired) electrons. The second kappa shape index (κ2) is 5.80. The van der Waals surface area contributed by atoms with Crippen molar-refractivity contribution < 1.29 is 4.79 Å². The summed E-state index contributed by atoms with van der Waals surface area (Å²) >= 11 is 1.32. The van der Waals surface area contributed by atoms with Gasteiger partial charge in [0.05, 0.1) is 0 Å². The lowest BCUT2D eigenvalue weighted by Crippen LogP contribution is -2.11. The van der Waals surface area contributed by atoms with E-state index in [1.807, 2.05) is 31.2 Å². The quantitative estimate of drug-likeness (QED) is 0.806. The van der Waals surface area contributed by atoms with Crippen LogP contribution >= 0.6 is 11.3 Å². The first kappa shape index (κ1) is 13.4. The van der Waals surface area contributed by atoms with E-state index in [0.717, 1.165) is 16.1 Å². The van der Waals surface area contributed by atoms with Crippen LogP contribution < -0.4 is 5.32 Å². The Morgan fingerprint density at radius 2 is 1.95 bits per heavy atom. The third-order valence-corrected chi connectivity index (χ3v) is 3.76. The van der Waals surface area contributed by atoms with Gasteiger partial charge in [-0.15, -0.1) is 10.2 Å². The Morgan fingerprint density at radius 3 is 2.67 bits per heavy atom. The van der Waals surface area contributed by atoms with Crippen molar-refractivity contribution in [3.63, 3.8) is 0 Å². The number of hydrogen-bond acceptors (Lipinski definition) is 5. The van der Waals surface area contributed by atoms with Gasteiger partial charge in [0.2, 0.25) is 5.13 Å². The van der Waals surface area contributed by atoms with E-state index in [9.17, 15) is 4.79 Å². The number of anilines is 1. The summed E-state index contributed by atoms with van der Waals surface area (Å²) in [5.74, 6) is -0.191. The Hall–Kier alpha value is -2.60. The van der Waals surface area contributed by atoms with E-state index in [-0.39, 0.29) is 5.91 Å². The van der Waals surface area contributed by atoms with E-state index in [1.165, 1.54) is 11.3 Å². The van der Waals surface area contributed by atoms with Gasteiger partial charge in [-0.3, -0.25) is 15.1 Å². The minimum absolute atomic E-state index is 0.191. The predicted molar refractivity (Wildman–Crippen MR) is 82.3 cm³/mol. The second-order valence-corrected chi connectivity index (χ2v) is 5.45. The number of aryl methyl sites for hydroxylation is 1. The van der Waals surface area contributed by atoms with Crippen LogP contribution in [0.15, 0.2) is 48.8 Å². The monoisotopic (exact) mass is 296 g/mol. The third-order valence-electron chi connectivity index (χ3n) is 2.87. The van der Waals surface area contributed by atoms with Crippen LogP contribution in [0.1, 0.15) is 15.9 Å². The summed E-state index contributed by atoms with van der Waals surface area (Å²) in [5, 5.41) is 12.0. The van der Waals surface area contributed by atoms with Crippen LogP contribution in [0.3, 0.4) is 0 Å². The summed E-state index contributed by atoms with van der Waals surface area (Å²) in [6.45, 7) is 1.98. The molecule has 0 atom stereocenters. The molecule has 1 aromatic carbocycles. The predicted octanol–water partition coefficient (Wildman–Crippen LogP) is 3.16. The molecule has 6 heteroatoms. The van der Waals surface area contributed by atoms with Crippen LogP contribution in [0.25, 0.3) is 10.6 Å². The topological polar surface area (TPSA) is 67.8 Å². The molecule has 2 heterocycles. The van der Waals surface area contributed by atoms with Crippen LogP contribution in [0, 0.1) is 6.92 Å². The van der Waals surface area contributed by atoms with Crippen LogP contribution in [-0.4, -0.2) is 21.1 Å². The maximum Gasteiger partial charge on any atom is 0.257 e. The fourth-order valence-electron chi connectivity index (χ4n) is 1.75. The normalized spacial score (nSPS) is 10.3. The van der Waals surface area contributed by atoms with Gasteiger partial charge >= 0.3 is 0 Å². The maximum absolute atomic E-state index is 12.1. The molecule has 0 saturated carbocycles. The Kier molecular flexibility index (Phi) is 3.70. The van der Waals surface area contributed by atoms with E-state index in [0.29, 0.717) is 10.7 Å². The molecule has 0 saturated heterocycles. The van der Waals surface area contributed by atoms with E-state index >= 15 is 0 Å². The Labute approximate surface area is 125 Å². The summed E-state index contributed by atoms with van der Waals surface area (Å²) in [6, 6.07) is 11.1. The van der Waals surface area contributed by atoms with Gasteiger partial charge in [-0.1, -0.05) is 29.0 Å². The molecule has 5 nitrogen and oxygen atoms in total. The highest BCUT2D eigenvalue weighted by atomic mass is 32.1. The van der Waals surface area contributed by atoms with Gasteiger partial charge in [-0.2, -0.15) is 0 Å². The second-order valence-electron chi connectivity index (χ2n) is 4.47. The number of rotatable bonds is 3. The molecule has 0 aliphatic heterocycles. The molecule has 3 rings (SSSR count). The van der Waals surface area contributed by atoms with Crippen LogP contribution in [0.5, 0.6) is 0 Å². The maximum atomic E-state index is 12.1. The number of nitrogens with zero attached hydrogens (tertiary/aromatic N) is 3. The molecule has 0 spiro atoms. The molecule has 0 aliphatic rings. The van der Waals surface area contributed by atoms with Gasteiger partial charge in [-0.05, 0) is 31.2 Å². The summed E-state index contributed by atoms with van der Waals surface area (Å²) in [5.41, 5.74) is 2.59. The van der Waals surface area contributed by atoms with Crippen molar-refractivity contribution in [3.8, 4) is 10.6 Å². The van der Waals surface area contributed by atoms with Gasteiger partial charge in [0.25, 0.3) is 5.91 Å². The number of carbonyl (C=O) groups is 1. The lowest BCUT2D eigenvalue weighted by Gasteiger charge is -2.01. The zero-order valence-corrected chi connectivity index (χ0v) is 12.1. The number of carbonyl (C=O) groups excluding carboxylic acids is 1. The van der Waals surface area contributed by atoms with Crippen molar-refractivity contribution in [1.82, 2.24) is 15.2 Å². The van der Waals surface area contributed by atoms with Gasteiger partial charge in [0.1, 0.15) is 0 Å². The third kappa shape index (κ3) is 3.11. The largest absolute Gasteiger partial charge is 0.296 e. The van der Waals surface area contributed by atoms with Crippen molar-refractivity contribution in [2.75, 3.05) is 5.32 Å². The van der Waals surface area contributed by atoms with Crippen molar-refractivity contribution in [2.24, 2.45) is 0 Å². The van der Waals surface area contributed by atoms with Gasteiger partial charge in [-0.25, -0.2) is 0 Å². The molecule has 1 amide bonds. The minimum Gasteiger partial charge on any atom is -0.296 e. The number of aromatic nitrogens is 3. The van der Waals surface area contributed by atoms with Gasteiger partial charge in [0.15, 0.2) is 5.01 Å². The van der Waals surface area contributed by atoms with Crippen molar-refractivity contribution in [2.45, 2.75) is 6.92 Å². The Balaban J connectivity index is 1.75. The molecule has 0 bridgehead atoms. The fraction of sp³-hybridized carbons (Fsp3) is 0.0667. The number of amides is 1. The summed E-state index contributed by atoms with van der Waals surface area (Å²) in [4.78, 5) is 16.1. The fourth-order valence-corrected chi connectivity index (χ4v) is 2.48. The molecule has 21 heavy (non-hydrogen) atoms. The number of pyridine rings is 1. The average Bonchev–Trinajstić information content (AvgIpc) is 2.97. The first-order chi connectivity index (χ1) is 10.2. The van der Waals surface area contributed by atoms with Crippen LogP contribution in [0.2, 0.25) is 0 Å². The smallest absolute Gasteiger partial charge is 0.257 e. The first-order valence-corrected chi connectivity index (χ1v) is 7.16.